The first kappa shape index (κ1) is 23.5. The van der Waals surface area contributed by atoms with E-state index >= 15 is 0 Å². The van der Waals surface area contributed by atoms with E-state index in [0.29, 0.717) is 0 Å². The third kappa shape index (κ3) is 3.29. The number of hydrogen-bond donors (Lipinski definition) is 0. The number of fused-ring (bicyclic) bond motifs is 8. The Morgan fingerprint density at radius 3 is 2.00 bits per heavy atom. The number of pyridine rings is 1. The van der Waals surface area contributed by atoms with Crippen LogP contribution in [0.2, 0.25) is 0 Å². The lowest BCUT2D eigenvalue weighted by Gasteiger charge is -2.10. The second-order valence-corrected chi connectivity index (χ2v) is 13.1. The van der Waals surface area contributed by atoms with Crippen LogP contribution in [0.15, 0.2) is 127 Å². The predicted molar refractivity (Wildman–Crippen MR) is 184 cm³/mol. The van der Waals surface area contributed by atoms with Gasteiger partial charge in [0.1, 0.15) is 4.83 Å². The fourth-order valence-electron chi connectivity index (χ4n) is 6.70. The quantitative estimate of drug-likeness (QED) is 0.207. The van der Waals surface area contributed by atoms with Crippen LogP contribution in [-0.4, -0.2) is 14.4 Å². The Hall–Kier alpha value is -5.10. The van der Waals surface area contributed by atoms with Crippen LogP contribution in [0.3, 0.4) is 0 Å². The van der Waals surface area contributed by atoms with E-state index in [-0.39, 0.29) is 0 Å². The predicted octanol–water partition coefficient (Wildman–Crippen LogP) is 11.1. The van der Waals surface area contributed by atoms with Crippen molar-refractivity contribution in [3.63, 3.8) is 0 Å². The molecule has 0 fully saturated rings. The molecule has 10 aromatic rings. The molecular formula is C38H21N3S2. The highest BCUT2D eigenvalue weighted by Gasteiger charge is 2.23. The van der Waals surface area contributed by atoms with E-state index in [4.69, 9.17) is 9.97 Å². The molecule has 10 rings (SSSR count). The fourth-order valence-corrected chi connectivity index (χ4v) is 9.31. The van der Waals surface area contributed by atoms with Gasteiger partial charge in [-0.2, -0.15) is 0 Å². The van der Waals surface area contributed by atoms with E-state index in [9.17, 15) is 0 Å². The third-order valence-corrected chi connectivity index (χ3v) is 11.0. The Kier molecular flexibility index (Phi) is 4.75. The van der Waals surface area contributed by atoms with Crippen molar-refractivity contribution in [2.75, 3.05) is 0 Å². The first-order valence-corrected chi connectivity index (χ1v) is 16.0. The van der Waals surface area contributed by atoms with Gasteiger partial charge in [-0.1, -0.05) is 109 Å². The van der Waals surface area contributed by atoms with Gasteiger partial charge in [0.15, 0.2) is 5.82 Å². The fraction of sp³-hybridized carbons (Fsp3) is 0. The molecule has 0 radical (unpaired) electrons. The summed E-state index contributed by atoms with van der Waals surface area (Å²) in [5, 5.41) is 7.88. The maximum atomic E-state index is 5.12. The molecule has 0 spiro atoms. The first-order valence-electron chi connectivity index (χ1n) is 14.3. The van der Waals surface area contributed by atoms with Gasteiger partial charge in [-0.25, -0.2) is 9.97 Å². The summed E-state index contributed by atoms with van der Waals surface area (Å²) in [6, 6.07) is 45.3. The topological polar surface area (TPSA) is 30.2 Å². The highest BCUT2D eigenvalue weighted by Crippen LogP contribution is 2.49. The molecule has 5 aromatic heterocycles. The second kappa shape index (κ2) is 8.71. The summed E-state index contributed by atoms with van der Waals surface area (Å²) < 4.78 is 5.08. The van der Waals surface area contributed by atoms with Crippen molar-refractivity contribution >= 4 is 80.3 Å². The summed E-state index contributed by atoms with van der Waals surface area (Å²) >= 11 is 3.68. The maximum Gasteiger partial charge on any atom is 0.170 e. The molecule has 43 heavy (non-hydrogen) atoms. The molecule has 0 saturated carbocycles. The number of aromatic nitrogens is 3. The average molecular weight is 584 g/mol. The summed E-state index contributed by atoms with van der Waals surface area (Å²) in [4.78, 5) is 12.6. The minimum absolute atomic E-state index is 0.769. The Labute approximate surface area is 254 Å². The smallest absolute Gasteiger partial charge is 0.170 e. The van der Waals surface area contributed by atoms with E-state index in [2.05, 4.69) is 120 Å². The van der Waals surface area contributed by atoms with Crippen molar-refractivity contribution in [2.24, 2.45) is 0 Å². The van der Waals surface area contributed by atoms with Gasteiger partial charge in [-0.05, 0) is 29.0 Å². The molecule has 0 aliphatic heterocycles. The number of nitrogens with zero attached hydrogens (tertiary/aromatic N) is 3. The van der Waals surface area contributed by atoms with Crippen molar-refractivity contribution in [2.45, 2.75) is 0 Å². The van der Waals surface area contributed by atoms with Crippen molar-refractivity contribution < 1.29 is 0 Å². The van der Waals surface area contributed by atoms with E-state index in [1.165, 1.54) is 57.6 Å². The molecule has 5 heteroatoms. The minimum atomic E-state index is 0.769. The van der Waals surface area contributed by atoms with E-state index in [1.807, 2.05) is 34.8 Å². The van der Waals surface area contributed by atoms with Crippen LogP contribution in [0.25, 0.3) is 90.8 Å². The highest BCUT2D eigenvalue weighted by molar-refractivity contribution is 7.34. The zero-order chi connectivity index (χ0) is 28.1. The zero-order valence-corrected chi connectivity index (χ0v) is 24.4. The Morgan fingerprint density at radius 2 is 1.23 bits per heavy atom. The number of thiophene rings is 2. The zero-order valence-electron chi connectivity index (χ0n) is 22.8. The number of benzene rings is 5. The highest BCUT2D eigenvalue weighted by atomic mass is 32.1. The number of hydrogen-bond acceptors (Lipinski definition) is 4. The minimum Gasteiger partial charge on any atom is -0.299 e. The molecular weight excluding hydrogens is 563 g/mol. The van der Waals surface area contributed by atoms with Gasteiger partial charge in [-0.3, -0.25) is 4.40 Å². The first-order chi connectivity index (χ1) is 21.3. The molecule has 3 nitrogen and oxygen atoms in total. The maximum absolute atomic E-state index is 5.12. The molecule has 5 heterocycles. The number of para-hydroxylation sites is 1. The Morgan fingerprint density at radius 1 is 0.535 bits per heavy atom. The van der Waals surface area contributed by atoms with Gasteiger partial charge >= 0.3 is 0 Å². The normalized spacial score (nSPS) is 12.2. The van der Waals surface area contributed by atoms with Crippen LogP contribution in [0.4, 0.5) is 0 Å². The molecule has 0 atom stereocenters. The van der Waals surface area contributed by atoms with Gasteiger partial charge in [-0.15, -0.1) is 22.7 Å². The standard InChI is InChI=1S/C38H21N3S2/c1-3-10-22(11-4-1)28-20-29(23-12-5-2-6-13-23)40-37(39-28)32-21-31-36(42-32)34-27-16-9-14-24-18-19-26-25-15-7-8-17-30(25)41(38(34)43-31)35(26)33(24)27/h1-21H. The molecule has 0 aliphatic carbocycles. The summed E-state index contributed by atoms with van der Waals surface area (Å²) in [5.41, 5.74) is 6.63. The van der Waals surface area contributed by atoms with Gasteiger partial charge in [0, 0.05) is 37.4 Å². The van der Waals surface area contributed by atoms with Gasteiger partial charge in [0.05, 0.1) is 32.0 Å². The van der Waals surface area contributed by atoms with Crippen LogP contribution in [0.1, 0.15) is 0 Å². The molecule has 200 valence electrons. The van der Waals surface area contributed by atoms with Crippen molar-refractivity contribution in [3.05, 3.63) is 127 Å². The molecule has 0 N–H and O–H groups in total. The second-order valence-electron chi connectivity index (χ2n) is 11.0. The monoisotopic (exact) mass is 583 g/mol. The lowest BCUT2D eigenvalue weighted by molar-refractivity contribution is 1.19. The van der Waals surface area contributed by atoms with E-state index < -0.39 is 0 Å². The molecule has 0 bridgehead atoms. The van der Waals surface area contributed by atoms with Gasteiger partial charge in [0.2, 0.25) is 0 Å². The van der Waals surface area contributed by atoms with Crippen LogP contribution >= 0.6 is 22.7 Å². The van der Waals surface area contributed by atoms with E-state index in [0.717, 1.165) is 33.2 Å². The molecule has 5 aromatic carbocycles. The summed E-state index contributed by atoms with van der Waals surface area (Å²) in [5.74, 6) is 0.769. The number of rotatable bonds is 3. The van der Waals surface area contributed by atoms with Crippen LogP contribution < -0.4 is 0 Å². The molecule has 0 saturated heterocycles. The van der Waals surface area contributed by atoms with E-state index in [1.54, 1.807) is 0 Å². The van der Waals surface area contributed by atoms with Crippen LogP contribution in [0.5, 0.6) is 0 Å². The van der Waals surface area contributed by atoms with Gasteiger partial charge in [0.25, 0.3) is 0 Å². The lowest BCUT2D eigenvalue weighted by Crippen LogP contribution is -1.94. The lowest BCUT2D eigenvalue weighted by atomic mass is 10.0. The van der Waals surface area contributed by atoms with Crippen LogP contribution in [0, 0.1) is 0 Å². The Balaban J connectivity index is 1.28. The average Bonchev–Trinajstić information content (AvgIpc) is 3.75. The molecule has 0 amide bonds. The summed E-state index contributed by atoms with van der Waals surface area (Å²) in [6.07, 6.45) is 0. The van der Waals surface area contributed by atoms with Crippen molar-refractivity contribution in [1.29, 1.82) is 0 Å². The Bertz CT molecular complexity index is 2600. The molecule has 0 aliphatic rings. The summed E-state index contributed by atoms with van der Waals surface area (Å²) in [6.45, 7) is 0. The van der Waals surface area contributed by atoms with Crippen LogP contribution in [-0.2, 0) is 0 Å². The largest absolute Gasteiger partial charge is 0.299 e. The molecule has 0 unspecified atom stereocenters. The third-order valence-electron chi connectivity index (χ3n) is 8.58. The SMILES string of the molecule is c1ccc(-c2cc(-c3ccccc3)nc(-c3cc4sc5c(c6cccc7ccc8c9ccccc9n5c8c76)c4s3)n2)cc1. The summed E-state index contributed by atoms with van der Waals surface area (Å²) in [7, 11) is 0. The van der Waals surface area contributed by atoms with Crippen molar-refractivity contribution in [3.8, 4) is 33.2 Å². The van der Waals surface area contributed by atoms with Gasteiger partial charge < -0.3 is 0 Å². The van der Waals surface area contributed by atoms with Crippen molar-refractivity contribution in [1.82, 2.24) is 14.4 Å².